The molecule has 5 nitrogen and oxygen atoms in total. The van der Waals surface area contributed by atoms with Crippen molar-refractivity contribution in [1.29, 1.82) is 0 Å². The lowest BCUT2D eigenvalue weighted by molar-refractivity contribution is -0.162. The van der Waals surface area contributed by atoms with Gasteiger partial charge in [0.1, 0.15) is 0 Å². The molecule has 158 valence electrons. The van der Waals surface area contributed by atoms with E-state index in [1.54, 1.807) is 19.1 Å². The minimum atomic E-state index is -0.893. The quantitative estimate of drug-likeness (QED) is 0.823. The maximum atomic E-state index is 12.7. The molecule has 1 heterocycles. The highest BCUT2D eigenvalue weighted by molar-refractivity contribution is 5.88. The molecule has 0 aromatic heterocycles. The van der Waals surface area contributed by atoms with Gasteiger partial charge < -0.3 is 14.9 Å². The Morgan fingerprint density at radius 1 is 1.10 bits per heavy atom. The number of carbonyl (C=O) groups excluding carboxylic acids is 1. The maximum absolute atomic E-state index is 12.7. The summed E-state index contributed by atoms with van der Waals surface area (Å²) >= 11 is 0. The van der Waals surface area contributed by atoms with Crippen LogP contribution in [0.1, 0.15) is 63.7 Å². The van der Waals surface area contributed by atoms with Crippen LogP contribution in [0, 0.1) is 23.2 Å². The Balaban J connectivity index is 1.42. The zero-order valence-corrected chi connectivity index (χ0v) is 18.1. The van der Waals surface area contributed by atoms with Crippen LogP contribution in [0.15, 0.2) is 24.3 Å². The molecule has 0 radical (unpaired) electrons. The third kappa shape index (κ3) is 3.43. The van der Waals surface area contributed by atoms with Crippen molar-refractivity contribution in [1.82, 2.24) is 4.90 Å². The van der Waals surface area contributed by atoms with Gasteiger partial charge in [-0.2, -0.15) is 0 Å². The lowest BCUT2D eigenvalue weighted by Gasteiger charge is -2.64. The highest BCUT2D eigenvalue weighted by Crippen LogP contribution is 2.62. The van der Waals surface area contributed by atoms with Crippen molar-refractivity contribution in [2.24, 2.45) is 23.2 Å². The Hall–Kier alpha value is -2.04. The normalized spacial score (nSPS) is 31.1. The van der Waals surface area contributed by atoms with E-state index >= 15 is 0 Å². The van der Waals surface area contributed by atoms with Gasteiger partial charge in [0, 0.05) is 37.8 Å². The number of carbonyl (C=O) groups is 2. The van der Waals surface area contributed by atoms with Crippen LogP contribution in [0.2, 0.25) is 0 Å². The van der Waals surface area contributed by atoms with Crippen LogP contribution < -0.4 is 4.90 Å². The fraction of sp³-hybridized carbons (Fsp3) is 0.667. The van der Waals surface area contributed by atoms with Crippen LogP contribution in [-0.2, 0) is 4.79 Å². The number of anilines is 1. The van der Waals surface area contributed by atoms with E-state index in [0.717, 1.165) is 49.9 Å². The lowest BCUT2D eigenvalue weighted by Crippen LogP contribution is -2.63. The molecule has 3 saturated carbocycles. The molecular weight excluding hydrogens is 364 g/mol. The Morgan fingerprint density at radius 3 is 2.21 bits per heavy atom. The van der Waals surface area contributed by atoms with E-state index in [9.17, 15) is 9.59 Å². The molecular formula is C24H34N2O3. The highest BCUT2D eigenvalue weighted by atomic mass is 16.4. The maximum Gasteiger partial charge on any atom is 0.335 e. The number of hydrogen-bond acceptors (Lipinski definition) is 3. The zero-order valence-electron chi connectivity index (χ0n) is 18.1. The number of fused-ring (bicyclic) bond motifs is 2. The summed E-state index contributed by atoms with van der Waals surface area (Å²) < 4.78 is 0. The third-order valence-electron chi connectivity index (χ3n) is 8.37. The van der Waals surface area contributed by atoms with Crippen molar-refractivity contribution in [3.05, 3.63) is 29.8 Å². The second-order valence-electron chi connectivity index (χ2n) is 10.0. The van der Waals surface area contributed by atoms with Crippen LogP contribution in [-0.4, -0.2) is 47.1 Å². The van der Waals surface area contributed by atoms with Crippen LogP contribution in [0.3, 0.4) is 0 Å². The summed E-state index contributed by atoms with van der Waals surface area (Å²) in [7, 11) is 0. The second kappa shape index (κ2) is 7.33. The molecule has 1 aromatic rings. The molecule has 1 aromatic carbocycles. The standard InChI is InChI=1S/C24H34N2O3/c1-15-21-13-18(24(21,3)4)14-22(15)26(16(2)27)20-9-11-25(12-10-20)19-7-5-17(6-8-19)23(28)29/h5-8,15,18,20-22H,9-14H2,1-4H3,(H,28,29)/t15-,18+,21+,22+/m1/s1. The van der Waals surface area contributed by atoms with Gasteiger partial charge in [-0.1, -0.05) is 20.8 Å². The van der Waals surface area contributed by atoms with Gasteiger partial charge in [-0.3, -0.25) is 4.79 Å². The molecule has 0 unspecified atom stereocenters. The summed E-state index contributed by atoms with van der Waals surface area (Å²) in [6.07, 6.45) is 4.44. The van der Waals surface area contributed by atoms with E-state index in [-0.39, 0.29) is 5.91 Å². The van der Waals surface area contributed by atoms with Crippen molar-refractivity contribution in [2.75, 3.05) is 18.0 Å². The molecule has 4 fully saturated rings. The molecule has 4 atom stereocenters. The first-order chi connectivity index (χ1) is 13.7. The molecule has 1 aliphatic heterocycles. The Morgan fingerprint density at radius 2 is 1.72 bits per heavy atom. The van der Waals surface area contributed by atoms with E-state index in [0.29, 0.717) is 29.0 Å². The summed E-state index contributed by atoms with van der Waals surface area (Å²) in [5, 5.41) is 9.08. The third-order valence-corrected chi connectivity index (χ3v) is 8.37. The van der Waals surface area contributed by atoms with Gasteiger partial charge in [0.25, 0.3) is 0 Å². The van der Waals surface area contributed by atoms with Gasteiger partial charge in [-0.05, 0) is 73.1 Å². The summed E-state index contributed by atoms with van der Waals surface area (Å²) in [5.74, 6) is 1.39. The molecule has 1 saturated heterocycles. The van der Waals surface area contributed by atoms with E-state index in [4.69, 9.17) is 5.11 Å². The van der Waals surface area contributed by atoms with Crippen molar-refractivity contribution >= 4 is 17.6 Å². The first-order valence-corrected chi connectivity index (χ1v) is 11.1. The van der Waals surface area contributed by atoms with Gasteiger partial charge in [0.15, 0.2) is 0 Å². The molecule has 5 heteroatoms. The highest BCUT2D eigenvalue weighted by Gasteiger charge is 2.58. The number of carboxylic acids is 1. The van der Waals surface area contributed by atoms with Gasteiger partial charge in [0.2, 0.25) is 5.91 Å². The molecule has 3 aliphatic carbocycles. The number of amides is 1. The molecule has 29 heavy (non-hydrogen) atoms. The van der Waals surface area contributed by atoms with Gasteiger partial charge in [0.05, 0.1) is 5.56 Å². The predicted octanol–water partition coefficient (Wildman–Crippen LogP) is 4.27. The first-order valence-electron chi connectivity index (χ1n) is 11.1. The van der Waals surface area contributed by atoms with Crippen molar-refractivity contribution in [3.8, 4) is 0 Å². The summed E-state index contributed by atoms with van der Waals surface area (Å²) in [5.41, 5.74) is 1.82. The van der Waals surface area contributed by atoms with Gasteiger partial charge in [-0.25, -0.2) is 4.79 Å². The zero-order chi connectivity index (χ0) is 20.9. The summed E-state index contributed by atoms with van der Waals surface area (Å²) in [6.45, 7) is 10.7. The fourth-order valence-electron chi connectivity index (χ4n) is 6.47. The SMILES string of the molecule is CC(=O)N(C1CCN(c2ccc(C(=O)O)cc2)CC1)[C@H]1C[C@@H]2C[C@@H]([C@H]1C)C2(C)C. The van der Waals surface area contributed by atoms with Crippen molar-refractivity contribution in [3.63, 3.8) is 0 Å². The number of benzene rings is 1. The Bertz CT molecular complexity index is 780. The van der Waals surface area contributed by atoms with Crippen LogP contribution in [0.4, 0.5) is 5.69 Å². The molecule has 1 N–H and O–H groups in total. The number of carboxylic acid groups (broad SMARTS) is 1. The molecule has 2 bridgehead atoms. The topological polar surface area (TPSA) is 60.9 Å². The lowest BCUT2D eigenvalue weighted by atomic mass is 9.44. The predicted molar refractivity (Wildman–Crippen MR) is 114 cm³/mol. The Labute approximate surface area is 174 Å². The smallest absolute Gasteiger partial charge is 0.335 e. The van der Waals surface area contributed by atoms with Crippen LogP contribution in [0.5, 0.6) is 0 Å². The van der Waals surface area contributed by atoms with Crippen LogP contribution >= 0.6 is 0 Å². The number of rotatable bonds is 4. The van der Waals surface area contributed by atoms with Crippen LogP contribution in [0.25, 0.3) is 0 Å². The van der Waals surface area contributed by atoms with Gasteiger partial charge >= 0.3 is 5.97 Å². The number of hydrogen-bond donors (Lipinski definition) is 1. The van der Waals surface area contributed by atoms with Crippen molar-refractivity contribution < 1.29 is 14.7 Å². The largest absolute Gasteiger partial charge is 0.478 e. The molecule has 1 amide bonds. The summed E-state index contributed by atoms with van der Waals surface area (Å²) in [6, 6.07) is 7.83. The molecule has 0 spiro atoms. The monoisotopic (exact) mass is 398 g/mol. The van der Waals surface area contributed by atoms with E-state index in [1.807, 2.05) is 12.1 Å². The minimum Gasteiger partial charge on any atom is -0.478 e. The average Bonchev–Trinajstić information content (AvgIpc) is 2.69. The van der Waals surface area contributed by atoms with E-state index in [2.05, 4.69) is 30.6 Å². The molecule has 5 rings (SSSR count). The van der Waals surface area contributed by atoms with E-state index in [1.165, 1.54) is 6.42 Å². The minimum absolute atomic E-state index is 0.227. The number of piperidine rings is 1. The first kappa shape index (κ1) is 20.2. The second-order valence-corrected chi connectivity index (χ2v) is 10.0. The summed E-state index contributed by atoms with van der Waals surface area (Å²) in [4.78, 5) is 28.3. The van der Waals surface area contributed by atoms with E-state index < -0.39 is 5.97 Å². The fourth-order valence-corrected chi connectivity index (χ4v) is 6.47. The average molecular weight is 399 g/mol. The Kier molecular flexibility index (Phi) is 5.12. The van der Waals surface area contributed by atoms with Crippen molar-refractivity contribution in [2.45, 2.75) is 65.5 Å². The van der Waals surface area contributed by atoms with Gasteiger partial charge in [-0.15, -0.1) is 0 Å². The number of nitrogens with zero attached hydrogens (tertiary/aromatic N) is 2. The number of aromatic carboxylic acids is 1. The molecule has 4 aliphatic rings.